The average molecular weight is 791 g/mol. The smallest absolute Gasteiger partial charge is 0.204 e. The first-order valence-electron chi connectivity index (χ1n) is 19.3. The van der Waals surface area contributed by atoms with Crippen LogP contribution in [0.5, 0.6) is 46.0 Å². The number of phenols is 8. The molecule has 10 aromatic rings. The molecule has 0 radical (unpaired) electrons. The molecule has 8 N–H and O–H groups in total. The molecule has 0 fully saturated rings. The molecule has 0 amide bonds. The summed E-state index contributed by atoms with van der Waals surface area (Å²) in [5, 5.41) is 93.8. The third kappa shape index (κ3) is 4.45. The predicted molar refractivity (Wildman–Crippen MR) is 233 cm³/mol. The van der Waals surface area contributed by atoms with Crippen molar-refractivity contribution in [2.45, 2.75) is 19.3 Å². The molecule has 60 heavy (non-hydrogen) atoms. The first-order chi connectivity index (χ1) is 28.9. The zero-order chi connectivity index (χ0) is 41.5. The lowest BCUT2D eigenvalue weighted by Crippen LogP contribution is -2.16. The van der Waals surface area contributed by atoms with E-state index in [2.05, 4.69) is 38.1 Å². The van der Waals surface area contributed by atoms with Gasteiger partial charge in [-0.05, 0) is 68.1 Å². The zero-order valence-electron chi connectivity index (χ0n) is 32.0. The van der Waals surface area contributed by atoms with Crippen LogP contribution in [0.1, 0.15) is 25.0 Å². The lowest BCUT2D eigenvalue weighted by molar-refractivity contribution is 0.350. The Morgan fingerprint density at radius 1 is 0.400 bits per heavy atom. The maximum Gasteiger partial charge on any atom is 0.204 e. The van der Waals surface area contributed by atoms with Crippen LogP contribution in [0.2, 0.25) is 0 Å². The SMILES string of the molecule is CC1(C)c2ccccc2-c2cccc(-c3ccc(-c4c5c(O)c(O)c(O)c(O)c5c(-c5ccc6oc7c8ccccc8ccc7c6c5)c5c(O)c(O)c(O)c(O)c45)cc3)c21. The fraction of sp³-hybridized carbons (Fsp3) is 0.0588. The summed E-state index contributed by atoms with van der Waals surface area (Å²) in [6, 6.07) is 38.4. The molecule has 0 spiro atoms. The highest BCUT2D eigenvalue weighted by atomic mass is 16.4. The van der Waals surface area contributed by atoms with Crippen molar-refractivity contribution in [3.05, 3.63) is 132 Å². The minimum absolute atomic E-state index is 0.0196. The molecule has 1 heterocycles. The van der Waals surface area contributed by atoms with Crippen LogP contribution in [-0.4, -0.2) is 40.9 Å². The van der Waals surface area contributed by atoms with Gasteiger partial charge in [-0.1, -0.05) is 117 Å². The summed E-state index contributed by atoms with van der Waals surface area (Å²) in [6.45, 7) is 4.39. The average Bonchev–Trinajstić information content (AvgIpc) is 3.77. The molecule has 0 saturated carbocycles. The first kappa shape index (κ1) is 35.1. The second-order valence-electron chi connectivity index (χ2n) is 16.0. The molecule has 1 aliphatic rings. The van der Waals surface area contributed by atoms with Crippen LogP contribution in [0.3, 0.4) is 0 Å². The summed E-state index contributed by atoms with van der Waals surface area (Å²) >= 11 is 0. The van der Waals surface area contributed by atoms with Gasteiger partial charge in [0.2, 0.25) is 23.0 Å². The van der Waals surface area contributed by atoms with Gasteiger partial charge in [0, 0.05) is 54.2 Å². The Bertz CT molecular complexity index is 3460. The van der Waals surface area contributed by atoms with E-state index in [1.807, 2.05) is 66.7 Å². The van der Waals surface area contributed by atoms with E-state index in [4.69, 9.17) is 4.42 Å². The van der Waals surface area contributed by atoms with Crippen LogP contribution in [0.15, 0.2) is 126 Å². The molecule has 0 unspecified atom stereocenters. The molecule has 9 aromatic carbocycles. The van der Waals surface area contributed by atoms with Gasteiger partial charge in [-0.3, -0.25) is 0 Å². The van der Waals surface area contributed by atoms with Gasteiger partial charge in [-0.15, -0.1) is 0 Å². The van der Waals surface area contributed by atoms with Crippen LogP contribution in [0.25, 0.3) is 98.8 Å². The molecule has 1 aliphatic carbocycles. The first-order valence-corrected chi connectivity index (χ1v) is 19.3. The van der Waals surface area contributed by atoms with Gasteiger partial charge in [0.15, 0.2) is 23.0 Å². The Kier molecular flexibility index (Phi) is 7.03. The molecule has 11 rings (SSSR count). The fourth-order valence-electron chi connectivity index (χ4n) is 9.76. The molecular formula is C51H34O9. The topological polar surface area (TPSA) is 175 Å². The molecule has 9 nitrogen and oxygen atoms in total. The highest BCUT2D eigenvalue weighted by molar-refractivity contribution is 6.29. The number of rotatable bonds is 3. The highest BCUT2D eigenvalue weighted by Crippen LogP contribution is 2.62. The van der Waals surface area contributed by atoms with Crippen LogP contribution in [0.4, 0.5) is 0 Å². The fourth-order valence-corrected chi connectivity index (χ4v) is 9.76. The second-order valence-corrected chi connectivity index (χ2v) is 16.0. The van der Waals surface area contributed by atoms with Crippen LogP contribution >= 0.6 is 0 Å². The number of hydrogen-bond acceptors (Lipinski definition) is 9. The van der Waals surface area contributed by atoms with Crippen molar-refractivity contribution in [2.24, 2.45) is 0 Å². The summed E-state index contributed by atoms with van der Waals surface area (Å²) in [4.78, 5) is 0. The second kappa shape index (κ2) is 12.0. The number of phenolic OH excluding ortho intramolecular Hbond substituents is 8. The monoisotopic (exact) mass is 790 g/mol. The molecule has 0 atom stereocenters. The minimum Gasteiger partial charge on any atom is -0.504 e. The van der Waals surface area contributed by atoms with E-state index in [0.29, 0.717) is 27.7 Å². The van der Waals surface area contributed by atoms with Gasteiger partial charge in [0.1, 0.15) is 11.2 Å². The number of aromatic hydroxyl groups is 8. The van der Waals surface area contributed by atoms with Gasteiger partial charge >= 0.3 is 0 Å². The number of hydrogen-bond donors (Lipinski definition) is 8. The summed E-state index contributed by atoms with van der Waals surface area (Å²) in [7, 11) is 0. The normalized spacial score (nSPS) is 13.2. The van der Waals surface area contributed by atoms with Crippen molar-refractivity contribution in [1.82, 2.24) is 0 Å². The van der Waals surface area contributed by atoms with E-state index >= 15 is 0 Å². The quantitative estimate of drug-likeness (QED) is 0.0492. The third-order valence-corrected chi connectivity index (χ3v) is 12.5. The van der Waals surface area contributed by atoms with Crippen molar-refractivity contribution in [3.63, 3.8) is 0 Å². The summed E-state index contributed by atoms with van der Waals surface area (Å²) in [5.74, 6) is -7.48. The van der Waals surface area contributed by atoms with E-state index in [0.717, 1.165) is 38.4 Å². The Morgan fingerprint density at radius 3 is 1.57 bits per heavy atom. The Balaban J connectivity index is 1.21. The minimum atomic E-state index is -1.03. The highest BCUT2D eigenvalue weighted by Gasteiger charge is 2.37. The largest absolute Gasteiger partial charge is 0.504 e. The van der Waals surface area contributed by atoms with Crippen molar-refractivity contribution >= 4 is 54.3 Å². The van der Waals surface area contributed by atoms with Crippen molar-refractivity contribution in [3.8, 4) is 90.5 Å². The summed E-state index contributed by atoms with van der Waals surface area (Å²) in [6.07, 6.45) is 0. The number of fused-ring (bicyclic) bond motifs is 10. The molecule has 9 heteroatoms. The van der Waals surface area contributed by atoms with Crippen molar-refractivity contribution in [1.29, 1.82) is 0 Å². The van der Waals surface area contributed by atoms with Crippen molar-refractivity contribution in [2.75, 3.05) is 0 Å². The third-order valence-electron chi connectivity index (χ3n) is 12.5. The van der Waals surface area contributed by atoms with Crippen LogP contribution in [-0.2, 0) is 5.41 Å². The molecule has 292 valence electrons. The zero-order valence-corrected chi connectivity index (χ0v) is 32.0. The molecule has 0 aliphatic heterocycles. The van der Waals surface area contributed by atoms with E-state index in [-0.39, 0.29) is 38.1 Å². The molecule has 0 saturated heterocycles. The standard InChI is InChI=1S/C51H34O9/c1-51(2)33-13-6-5-10-29(33)30-12-7-11-27(41(30)51)24-14-16-25(17-15-24)35-37-39(44(54)48(58)46(56)42(37)52)36(40-38(35)43(53)47(57)49(59)45(40)55)26-19-21-34-32(22-26)31-20-18-23-8-3-4-9-28(23)50(31)60-34/h3-22,52-59H,1-2H3. The maximum atomic E-state index is 11.8. The van der Waals surface area contributed by atoms with E-state index in [9.17, 15) is 40.9 Å². The van der Waals surface area contributed by atoms with Gasteiger partial charge in [0.05, 0.1) is 0 Å². The van der Waals surface area contributed by atoms with Gasteiger partial charge in [0.25, 0.3) is 0 Å². The predicted octanol–water partition coefficient (Wildman–Crippen LogP) is 12.0. The lowest BCUT2D eigenvalue weighted by Gasteiger charge is -2.25. The van der Waals surface area contributed by atoms with E-state index < -0.39 is 46.0 Å². The van der Waals surface area contributed by atoms with Gasteiger partial charge < -0.3 is 45.3 Å². The van der Waals surface area contributed by atoms with E-state index in [1.165, 1.54) is 11.1 Å². The molecular weight excluding hydrogens is 757 g/mol. The Labute approximate surface area is 340 Å². The van der Waals surface area contributed by atoms with E-state index in [1.54, 1.807) is 30.3 Å². The molecule has 0 bridgehead atoms. The lowest BCUT2D eigenvalue weighted by atomic mass is 9.78. The van der Waals surface area contributed by atoms with Crippen LogP contribution < -0.4 is 0 Å². The summed E-state index contributed by atoms with van der Waals surface area (Å²) in [5.41, 5.74) is 7.93. The Morgan fingerprint density at radius 2 is 0.917 bits per heavy atom. The number of furan rings is 1. The van der Waals surface area contributed by atoms with Crippen molar-refractivity contribution < 1.29 is 45.3 Å². The van der Waals surface area contributed by atoms with Gasteiger partial charge in [-0.25, -0.2) is 0 Å². The maximum absolute atomic E-state index is 11.8. The Hall–Kier alpha value is -8.04. The van der Waals surface area contributed by atoms with Crippen LogP contribution in [0, 0.1) is 0 Å². The van der Waals surface area contributed by atoms with Gasteiger partial charge in [-0.2, -0.15) is 0 Å². The number of benzene rings is 9. The summed E-state index contributed by atoms with van der Waals surface area (Å²) < 4.78 is 6.33. The molecule has 1 aromatic heterocycles.